The van der Waals surface area contributed by atoms with Crippen LogP contribution < -0.4 is 4.90 Å². The van der Waals surface area contributed by atoms with Crippen LogP contribution in [0.2, 0.25) is 0 Å². The van der Waals surface area contributed by atoms with E-state index in [1.807, 2.05) is 6.07 Å². The molecule has 0 amide bonds. The van der Waals surface area contributed by atoms with E-state index in [-0.39, 0.29) is 0 Å². The van der Waals surface area contributed by atoms with Gasteiger partial charge in [0.1, 0.15) is 0 Å². The minimum atomic E-state index is 0.949. The van der Waals surface area contributed by atoms with Crippen LogP contribution in [0.4, 0.5) is 0 Å². The number of rotatable bonds is 3. The highest BCUT2D eigenvalue weighted by molar-refractivity contribution is 5.66. The lowest BCUT2D eigenvalue weighted by atomic mass is 9.99. The fourth-order valence-electron chi connectivity index (χ4n) is 1.90. The van der Waals surface area contributed by atoms with Gasteiger partial charge in [0.15, 0.2) is 0 Å². The molecule has 2 aromatic rings. The first-order valence-corrected chi connectivity index (χ1v) is 5.55. The van der Waals surface area contributed by atoms with Gasteiger partial charge in [0.05, 0.1) is 6.54 Å². The van der Waals surface area contributed by atoms with Crippen molar-refractivity contribution < 1.29 is 4.90 Å². The summed E-state index contributed by atoms with van der Waals surface area (Å²) in [6.07, 6.45) is 0. The van der Waals surface area contributed by atoms with Crippen molar-refractivity contribution in [3.63, 3.8) is 0 Å². The number of nitrogens with one attached hydrogen (secondary N) is 1. The van der Waals surface area contributed by atoms with Gasteiger partial charge in [0.25, 0.3) is 0 Å². The third-order valence-electron chi connectivity index (χ3n) is 2.59. The van der Waals surface area contributed by atoms with Crippen molar-refractivity contribution in [2.24, 2.45) is 0 Å². The first-order chi connectivity index (χ1) is 7.77. The van der Waals surface area contributed by atoms with E-state index in [0.29, 0.717) is 0 Å². The van der Waals surface area contributed by atoms with Gasteiger partial charge < -0.3 is 4.90 Å². The van der Waals surface area contributed by atoms with Crippen LogP contribution in [0.5, 0.6) is 0 Å². The summed E-state index contributed by atoms with van der Waals surface area (Å²) in [6.45, 7) is 0.949. The Morgan fingerprint density at radius 3 is 2.25 bits per heavy atom. The maximum atomic E-state index is 3.99. The largest absolute Gasteiger partial charge is 0.467 e. The van der Waals surface area contributed by atoms with Gasteiger partial charge in [-0.3, -0.25) is 0 Å². The summed E-state index contributed by atoms with van der Waals surface area (Å²) in [4.78, 5) is 1.20. The quantitative estimate of drug-likeness (QED) is 0.742. The standard InChI is InChI=1S/C15H17N/c1-16(2)12-14-10-6-7-11-15(14)13-8-4-3-5-9-13/h3-11,16H,1,12H2,2H3. The molecule has 1 nitrogen and oxygen atoms in total. The Morgan fingerprint density at radius 1 is 0.938 bits per heavy atom. The summed E-state index contributed by atoms with van der Waals surface area (Å²) < 4.78 is 0. The van der Waals surface area contributed by atoms with Crippen LogP contribution in [0.25, 0.3) is 11.1 Å². The van der Waals surface area contributed by atoms with Gasteiger partial charge in [-0.25, -0.2) is 0 Å². The molecule has 82 valence electrons. The molecule has 0 aliphatic heterocycles. The Balaban J connectivity index is 2.41. The molecule has 0 aliphatic rings. The molecule has 0 fully saturated rings. The summed E-state index contributed by atoms with van der Waals surface area (Å²) in [5.74, 6) is 0. The molecule has 1 heteroatoms. The zero-order valence-electron chi connectivity index (χ0n) is 9.61. The average molecular weight is 211 g/mol. The van der Waals surface area contributed by atoms with E-state index in [0.717, 1.165) is 6.54 Å². The number of benzene rings is 2. The zero-order chi connectivity index (χ0) is 11.4. The third kappa shape index (κ3) is 2.50. The van der Waals surface area contributed by atoms with Gasteiger partial charge in [-0.2, -0.15) is 7.05 Å². The van der Waals surface area contributed by atoms with Crippen LogP contribution in [0, 0.1) is 7.05 Å². The summed E-state index contributed by atoms with van der Waals surface area (Å²) in [7, 11) is 6.06. The second kappa shape index (κ2) is 4.95. The number of quaternary nitrogens is 1. The molecule has 1 unspecified atom stereocenters. The second-order valence-electron chi connectivity index (χ2n) is 4.16. The number of hydrogen-bond acceptors (Lipinski definition) is 0. The van der Waals surface area contributed by atoms with E-state index in [1.165, 1.54) is 21.6 Å². The zero-order valence-corrected chi connectivity index (χ0v) is 9.61. The molecule has 0 spiro atoms. The molecule has 1 N–H and O–H groups in total. The molecule has 0 heterocycles. The summed E-state index contributed by atoms with van der Waals surface area (Å²) in [6, 6.07) is 19.0. The summed E-state index contributed by atoms with van der Waals surface area (Å²) in [5.41, 5.74) is 3.94. The lowest BCUT2D eigenvalue weighted by Gasteiger charge is -2.17. The minimum Gasteiger partial charge on any atom is -0.467 e. The summed E-state index contributed by atoms with van der Waals surface area (Å²) >= 11 is 0. The molecule has 0 bridgehead atoms. The fourth-order valence-corrected chi connectivity index (χ4v) is 1.90. The second-order valence-corrected chi connectivity index (χ2v) is 4.16. The molecule has 1 atom stereocenters. The van der Waals surface area contributed by atoms with Crippen LogP contribution in [0.15, 0.2) is 54.6 Å². The van der Waals surface area contributed by atoms with Gasteiger partial charge in [-0.15, -0.1) is 0 Å². The van der Waals surface area contributed by atoms with Gasteiger partial charge in [0, 0.05) is 12.6 Å². The van der Waals surface area contributed by atoms with Gasteiger partial charge in [-0.1, -0.05) is 54.6 Å². The van der Waals surface area contributed by atoms with E-state index >= 15 is 0 Å². The maximum Gasteiger partial charge on any atom is 0.0792 e. The van der Waals surface area contributed by atoms with Gasteiger partial charge in [0.2, 0.25) is 0 Å². The topological polar surface area (TPSA) is 4.44 Å². The molecule has 0 saturated carbocycles. The average Bonchev–Trinajstić information content (AvgIpc) is 2.30. The van der Waals surface area contributed by atoms with Crippen molar-refractivity contribution in [3.05, 3.63) is 67.2 Å². The molecule has 2 aromatic carbocycles. The Labute approximate surface area is 97.3 Å². The monoisotopic (exact) mass is 211 g/mol. The highest BCUT2D eigenvalue weighted by Crippen LogP contribution is 2.22. The minimum absolute atomic E-state index is 0.949. The lowest BCUT2D eigenvalue weighted by molar-refractivity contribution is -0.846. The van der Waals surface area contributed by atoms with Crippen molar-refractivity contribution in [2.75, 3.05) is 7.05 Å². The maximum absolute atomic E-state index is 3.99. The van der Waals surface area contributed by atoms with Crippen LogP contribution in [0.3, 0.4) is 0 Å². The fraction of sp³-hybridized carbons (Fsp3) is 0.133. The SMILES string of the molecule is [CH2-][NH+](C)Cc1ccccc1-c1ccccc1. The van der Waals surface area contributed by atoms with Crippen molar-refractivity contribution >= 4 is 0 Å². The van der Waals surface area contributed by atoms with Gasteiger partial charge in [-0.05, 0) is 11.1 Å². The first kappa shape index (κ1) is 10.9. The predicted molar refractivity (Wildman–Crippen MR) is 67.8 cm³/mol. The van der Waals surface area contributed by atoms with Crippen molar-refractivity contribution in [3.8, 4) is 11.1 Å². The predicted octanol–water partition coefficient (Wildman–Crippen LogP) is 2.16. The van der Waals surface area contributed by atoms with Crippen LogP contribution >= 0.6 is 0 Å². The van der Waals surface area contributed by atoms with Crippen molar-refractivity contribution in [1.82, 2.24) is 0 Å². The molecule has 0 aliphatic carbocycles. The first-order valence-electron chi connectivity index (χ1n) is 5.55. The Morgan fingerprint density at radius 2 is 1.56 bits per heavy atom. The molecular weight excluding hydrogens is 194 g/mol. The molecule has 0 saturated heterocycles. The van der Waals surface area contributed by atoms with Gasteiger partial charge >= 0.3 is 0 Å². The van der Waals surface area contributed by atoms with Crippen LogP contribution in [0.1, 0.15) is 5.56 Å². The molecule has 2 rings (SSSR count). The van der Waals surface area contributed by atoms with Crippen LogP contribution in [-0.4, -0.2) is 7.05 Å². The molecular formula is C15H17N. The van der Waals surface area contributed by atoms with Crippen molar-refractivity contribution in [1.29, 1.82) is 0 Å². The van der Waals surface area contributed by atoms with E-state index in [2.05, 4.69) is 62.6 Å². The van der Waals surface area contributed by atoms with Crippen LogP contribution in [-0.2, 0) is 6.54 Å². The smallest absolute Gasteiger partial charge is 0.0792 e. The van der Waals surface area contributed by atoms with E-state index in [1.54, 1.807) is 0 Å². The molecule has 16 heavy (non-hydrogen) atoms. The Bertz CT molecular complexity index is 446. The molecule has 0 radical (unpaired) electrons. The molecule has 0 aromatic heterocycles. The highest BCUT2D eigenvalue weighted by Gasteiger charge is 2.04. The third-order valence-corrected chi connectivity index (χ3v) is 2.59. The Hall–Kier alpha value is -1.60. The van der Waals surface area contributed by atoms with E-state index < -0.39 is 0 Å². The van der Waals surface area contributed by atoms with Crippen molar-refractivity contribution in [2.45, 2.75) is 6.54 Å². The lowest BCUT2D eigenvalue weighted by Crippen LogP contribution is -3.01. The van der Waals surface area contributed by atoms with E-state index in [9.17, 15) is 0 Å². The number of hydrogen-bond donors (Lipinski definition) is 1. The summed E-state index contributed by atoms with van der Waals surface area (Å²) in [5, 5.41) is 0. The Kier molecular flexibility index (Phi) is 3.37. The normalized spacial score (nSPS) is 12.4. The van der Waals surface area contributed by atoms with E-state index in [4.69, 9.17) is 0 Å². The highest BCUT2D eigenvalue weighted by atomic mass is 15.0.